The number of fused-ring (bicyclic) bond motifs is 1. The Kier molecular flexibility index (Phi) is 3.82. The van der Waals surface area contributed by atoms with Crippen molar-refractivity contribution in [1.29, 1.82) is 0 Å². The number of nitrogens with zero attached hydrogens (tertiary/aromatic N) is 2. The van der Waals surface area contributed by atoms with E-state index in [0.717, 1.165) is 16.9 Å². The number of carbonyl (C=O) groups is 1. The van der Waals surface area contributed by atoms with Crippen LogP contribution in [0.2, 0.25) is 0 Å². The van der Waals surface area contributed by atoms with Crippen LogP contribution in [0.5, 0.6) is 5.75 Å². The van der Waals surface area contributed by atoms with Crippen molar-refractivity contribution in [3.05, 3.63) is 35.9 Å². The maximum atomic E-state index is 12.9. The zero-order chi connectivity index (χ0) is 18.6. The second kappa shape index (κ2) is 5.51. The summed E-state index contributed by atoms with van der Waals surface area (Å²) in [7, 11) is 0. The summed E-state index contributed by atoms with van der Waals surface area (Å²) in [5.74, 6) is 0.930. The fraction of sp³-hybridized carbons (Fsp3) is 0.474. The second-order valence-corrected chi connectivity index (χ2v) is 7.67. The summed E-state index contributed by atoms with van der Waals surface area (Å²) in [4.78, 5) is 19.0. The molecule has 134 valence electrons. The molecule has 0 spiro atoms. The van der Waals surface area contributed by atoms with E-state index in [2.05, 4.69) is 11.6 Å². The summed E-state index contributed by atoms with van der Waals surface area (Å²) in [6.45, 7) is 11.6. The van der Waals surface area contributed by atoms with E-state index in [9.17, 15) is 4.79 Å². The second-order valence-electron chi connectivity index (χ2n) is 7.67. The summed E-state index contributed by atoms with van der Waals surface area (Å²) in [6.07, 6.45) is 1.02. The number of carbonyl (C=O) groups excluding carboxylic acids is 1. The van der Waals surface area contributed by atoms with Crippen LogP contribution < -0.4 is 16.2 Å². The Balaban J connectivity index is 2.15. The molecule has 2 heterocycles. The van der Waals surface area contributed by atoms with E-state index in [1.165, 1.54) is 0 Å². The first-order valence-electron chi connectivity index (χ1n) is 8.53. The van der Waals surface area contributed by atoms with Gasteiger partial charge in [-0.15, -0.1) is 0 Å². The first-order valence-corrected chi connectivity index (χ1v) is 8.53. The molecule has 0 radical (unpaired) electrons. The van der Waals surface area contributed by atoms with E-state index in [1.807, 2.05) is 45.9 Å². The zero-order valence-corrected chi connectivity index (χ0v) is 15.3. The molecule has 0 aliphatic carbocycles. The molecule has 6 heteroatoms. The Morgan fingerprint density at radius 1 is 1.44 bits per heavy atom. The van der Waals surface area contributed by atoms with E-state index in [-0.39, 0.29) is 17.9 Å². The van der Waals surface area contributed by atoms with E-state index in [4.69, 9.17) is 16.2 Å². The van der Waals surface area contributed by atoms with Crippen LogP contribution in [0.25, 0.3) is 5.70 Å². The van der Waals surface area contributed by atoms with Crippen LogP contribution in [0.15, 0.2) is 29.8 Å². The predicted molar refractivity (Wildman–Crippen MR) is 98.9 cm³/mol. The van der Waals surface area contributed by atoms with Crippen LogP contribution in [0.3, 0.4) is 0 Å². The van der Waals surface area contributed by atoms with Gasteiger partial charge in [0.05, 0.1) is 12.0 Å². The van der Waals surface area contributed by atoms with E-state index in [1.54, 1.807) is 4.90 Å². The highest BCUT2D eigenvalue weighted by Gasteiger charge is 2.51. The monoisotopic (exact) mass is 342 g/mol. The van der Waals surface area contributed by atoms with Gasteiger partial charge in [0.1, 0.15) is 17.4 Å². The molecule has 4 N–H and O–H groups in total. The lowest BCUT2D eigenvalue weighted by Gasteiger charge is -2.41. The molecular formula is C19H26N4O2. The highest BCUT2D eigenvalue weighted by atomic mass is 16.5. The third kappa shape index (κ3) is 2.75. The van der Waals surface area contributed by atoms with Crippen molar-refractivity contribution in [2.45, 2.75) is 57.7 Å². The van der Waals surface area contributed by atoms with Gasteiger partial charge >= 0.3 is 0 Å². The lowest BCUT2D eigenvalue weighted by atomic mass is 9.86. The van der Waals surface area contributed by atoms with E-state index >= 15 is 0 Å². The third-order valence-electron chi connectivity index (χ3n) is 5.07. The average molecular weight is 342 g/mol. The number of aliphatic imine (C=N–C) groups is 1. The number of guanidine groups is 1. The topological polar surface area (TPSA) is 93.9 Å². The van der Waals surface area contributed by atoms with Crippen LogP contribution in [0, 0.1) is 0 Å². The van der Waals surface area contributed by atoms with Crippen LogP contribution in [0.1, 0.15) is 57.7 Å². The molecule has 3 rings (SSSR count). The number of hydrogen-bond acceptors (Lipinski definition) is 5. The number of rotatable bonds is 3. The lowest BCUT2D eigenvalue weighted by molar-refractivity contribution is -0.134. The summed E-state index contributed by atoms with van der Waals surface area (Å²) < 4.78 is 6.22. The molecule has 0 fully saturated rings. The van der Waals surface area contributed by atoms with Crippen molar-refractivity contribution in [2.24, 2.45) is 16.5 Å². The number of hydrogen-bond donors (Lipinski definition) is 2. The molecule has 2 aliphatic rings. The van der Waals surface area contributed by atoms with Gasteiger partial charge in [-0.3, -0.25) is 9.69 Å². The van der Waals surface area contributed by atoms with Gasteiger partial charge in [0, 0.05) is 11.3 Å². The van der Waals surface area contributed by atoms with Crippen molar-refractivity contribution in [2.75, 3.05) is 0 Å². The number of ether oxygens (including phenoxy) is 1. The standard InChI is InChI=1S/C19H26N4O2/c1-6-19(5)16(23-15(24)10-18(3,4)22-17(23)21)13-9-12(11(2)20)7-8-14(13)25-19/h7-9,16H,2,6,10,20H2,1,3-5H3,(H2,21,22). The minimum absolute atomic E-state index is 0.0457. The third-order valence-corrected chi connectivity index (χ3v) is 5.07. The molecule has 6 nitrogen and oxygen atoms in total. The summed E-state index contributed by atoms with van der Waals surface area (Å²) in [5.41, 5.74) is 13.2. The first kappa shape index (κ1) is 17.3. The van der Waals surface area contributed by atoms with Crippen LogP contribution in [-0.4, -0.2) is 27.9 Å². The fourth-order valence-electron chi connectivity index (χ4n) is 3.63. The number of amides is 1. The highest BCUT2D eigenvalue weighted by molar-refractivity contribution is 5.99. The van der Waals surface area contributed by atoms with Gasteiger partial charge in [-0.05, 0) is 51.0 Å². The van der Waals surface area contributed by atoms with Crippen molar-refractivity contribution < 1.29 is 9.53 Å². The Hall–Kier alpha value is -2.50. The molecule has 2 atom stereocenters. The molecule has 2 aliphatic heterocycles. The molecule has 25 heavy (non-hydrogen) atoms. The minimum Gasteiger partial charge on any atom is -0.485 e. The predicted octanol–water partition coefficient (Wildman–Crippen LogP) is 2.54. The molecule has 1 amide bonds. The lowest BCUT2D eigenvalue weighted by Crippen LogP contribution is -2.56. The number of nitrogens with two attached hydrogens (primary N) is 2. The first-order chi connectivity index (χ1) is 11.6. The molecular weight excluding hydrogens is 316 g/mol. The van der Waals surface area contributed by atoms with Gasteiger partial charge in [-0.25, -0.2) is 4.99 Å². The number of benzene rings is 1. The molecule has 0 bridgehead atoms. The van der Waals surface area contributed by atoms with E-state index < -0.39 is 11.1 Å². The van der Waals surface area contributed by atoms with Gasteiger partial charge in [-0.2, -0.15) is 0 Å². The molecule has 2 unspecified atom stereocenters. The Labute approximate surface area is 148 Å². The van der Waals surface area contributed by atoms with Crippen LogP contribution >= 0.6 is 0 Å². The molecule has 1 aromatic rings. The Bertz CT molecular complexity index is 784. The summed E-state index contributed by atoms with van der Waals surface area (Å²) >= 11 is 0. The van der Waals surface area contributed by atoms with Gasteiger partial charge in [0.25, 0.3) is 0 Å². The van der Waals surface area contributed by atoms with Crippen molar-refractivity contribution in [1.82, 2.24) is 4.90 Å². The van der Waals surface area contributed by atoms with Gasteiger partial charge in [-0.1, -0.05) is 13.5 Å². The van der Waals surface area contributed by atoms with Gasteiger partial charge in [0.15, 0.2) is 5.96 Å². The van der Waals surface area contributed by atoms with Crippen LogP contribution in [0.4, 0.5) is 0 Å². The Morgan fingerprint density at radius 3 is 2.68 bits per heavy atom. The highest BCUT2D eigenvalue weighted by Crippen LogP contribution is 2.49. The molecule has 1 aromatic carbocycles. The maximum absolute atomic E-state index is 12.9. The SMILES string of the molecule is C=C(N)c1ccc2c(c1)C(N1C(=O)CC(C)(C)N=C1N)C(C)(CC)O2. The van der Waals surface area contributed by atoms with Gasteiger partial charge < -0.3 is 16.2 Å². The van der Waals surface area contributed by atoms with Crippen LogP contribution in [-0.2, 0) is 4.79 Å². The fourth-order valence-corrected chi connectivity index (χ4v) is 3.63. The summed E-state index contributed by atoms with van der Waals surface area (Å²) in [6, 6.07) is 5.34. The van der Waals surface area contributed by atoms with Crippen molar-refractivity contribution >= 4 is 17.6 Å². The normalized spacial score (nSPS) is 27.5. The van der Waals surface area contributed by atoms with E-state index in [0.29, 0.717) is 18.5 Å². The van der Waals surface area contributed by atoms with Gasteiger partial charge in [0.2, 0.25) is 5.91 Å². The maximum Gasteiger partial charge on any atom is 0.232 e. The Morgan fingerprint density at radius 2 is 2.12 bits per heavy atom. The van der Waals surface area contributed by atoms with Crippen molar-refractivity contribution in [3.8, 4) is 5.75 Å². The summed E-state index contributed by atoms with van der Waals surface area (Å²) in [5, 5.41) is 0. The zero-order valence-electron chi connectivity index (χ0n) is 15.3. The molecule has 0 saturated heterocycles. The van der Waals surface area contributed by atoms with Crippen molar-refractivity contribution in [3.63, 3.8) is 0 Å². The average Bonchev–Trinajstić information content (AvgIpc) is 2.78. The largest absolute Gasteiger partial charge is 0.485 e. The molecule has 0 saturated carbocycles. The molecule has 0 aromatic heterocycles. The smallest absolute Gasteiger partial charge is 0.232 e. The minimum atomic E-state index is -0.589. The quantitative estimate of drug-likeness (QED) is 0.882.